The minimum atomic E-state index is -3.55. The molecular weight excluding hydrogens is 268 g/mol. The molecule has 0 unspecified atom stereocenters. The largest absolute Gasteiger partial charge is 0.381 e. The molecule has 0 bridgehead atoms. The molecule has 19 heavy (non-hydrogen) atoms. The minimum absolute atomic E-state index is 0.124. The van der Waals surface area contributed by atoms with Crippen molar-refractivity contribution >= 4 is 27.3 Å². The number of amides is 1. The van der Waals surface area contributed by atoms with Gasteiger partial charge in [0.15, 0.2) is 0 Å². The summed E-state index contributed by atoms with van der Waals surface area (Å²) in [7, 11) is -3.55. The van der Waals surface area contributed by atoms with E-state index in [-0.39, 0.29) is 24.8 Å². The SMILES string of the molecule is CCOCCS(=O)(=O)N1CC(=O)Nc2ccccc21. The van der Waals surface area contributed by atoms with Gasteiger partial charge in [0.2, 0.25) is 15.9 Å². The summed E-state index contributed by atoms with van der Waals surface area (Å²) < 4.78 is 30.7. The zero-order chi connectivity index (χ0) is 13.9. The molecule has 0 saturated heterocycles. The lowest BCUT2D eigenvalue weighted by atomic mass is 10.2. The Morgan fingerprint density at radius 1 is 1.37 bits per heavy atom. The molecule has 0 spiro atoms. The highest BCUT2D eigenvalue weighted by atomic mass is 32.2. The third-order valence-electron chi connectivity index (χ3n) is 2.76. The zero-order valence-electron chi connectivity index (χ0n) is 10.6. The van der Waals surface area contributed by atoms with E-state index in [9.17, 15) is 13.2 Å². The number of carbonyl (C=O) groups excluding carboxylic acids is 1. The molecule has 104 valence electrons. The van der Waals surface area contributed by atoms with Crippen LogP contribution in [0.5, 0.6) is 0 Å². The standard InChI is InChI=1S/C12H16N2O4S/c1-2-18-7-8-19(16,17)14-9-12(15)13-10-5-3-4-6-11(10)14/h3-6H,2,7-9H2,1H3,(H,13,15). The molecule has 0 aliphatic carbocycles. The summed E-state index contributed by atoms with van der Waals surface area (Å²) in [6, 6.07) is 6.83. The molecule has 7 heteroatoms. The van der Waals surface area contributed by atoms with Crippen molar-refractivity contribution in [2.75, 3.05) is 35.1 Å². The van der Waals surface area contributed by atoms with Gasteiger partial charge in [-0.1, -0.05) is 12.1 Å². The number of sulfonamides is 1. The van der Waals surface area contributed by atoms with E-state index in [0.29, 0.717) is 18.0 Å². The van der Waals surface area contributed by atoms with Crippen LogP contribution in [0.2, 0.25) is 0 Å². The number of para-hydroxylation sites is 2. The number of nitrogens with zero attached hydrogens (tertiary/aromatic N) is 1. The monoisotopic (exact) mass is 284 g/mol. The van der Waals surface area contributed by atoms with Crippen LogP contribution in [0.25, 0.3) is 0 Å². The second kappa shape index (κ2) is 5.58. The van der Waals surface area contributed by atoms with Crippen molar-refractivity contribution in [2.24, 2.45) is 0 Å². The van der Waals surface area contributed by atoms with Crippen LogP contribution in [0.3, 0.4) is 0 Å². The van der Waals surface area contributed by atoms with Crippen molar-refractivity contribution in [1.82, 2.24) is 0 Å². The van der Waals surface area contributed by atoms with Gasteiger partial charge < -0.3 is 10.1 Å². The predicted molar refractivity (Wildman–Crippen MR) is 72.7 cm³/mol. The summed E-state index contributed by atoms with van der Waals surface area (Å²) in [5.41, 5.74) is 1.01. The van der Waals surface area contributed by atoms with E-state index in [4.69, 9.17) is 4.74 Å². The summed E-state index contributed by atoms with van der Waals surface area (Å²) in [6.45, 7) is 2.20. The quantitative estimate of drug-likeness (QED) is 0.812. The van der Waals surface area contributed by atoms with Crippen molar-refractivity contribution in [2.45, 2.75) is 6.92 Å². The Bertz CT molecular complexity index is 571. The number of benzene rings is 1. The van der Waals surface area contributed by atoms with Crippen LogP contribution < -0.4 is 9.62 Å². The Morgan fingerprint density at radius 2 is 2.11 bits per heavy atom. The molecule has 1 aliphatic rings. The second-order valence-electron chi connectivity index (χ2n) is 4.08. The number of ether oxygens (including phenoxy) is 1. The third kappa shape index (κ3) is 3.05. The number of hydrogen-bond donors (Lipinski definition) is 1. The summed E-state index contributed by atoms with van der Waals surface area (Å²) in [5.74, 6) is -0.471. The topological polar surface area (TPSA) is 75.7 Å². The number of hydrogen-bond acceptors (Lipinski definition) is 4. The van der Waals surface area contributed by atoms with Crippen LogP contribution in [0.15, 0.2) is 24.3 Å². The van der Waals surface area contributed by atoms with E-state index < -0.39 is 10.0 Å². The highest BCUT2D eigenvalue weighted by Gasteiger charge is 2.30. The van der Waals surface area contributed by atoms with Gasteiger partial charge in [0.1, 0.15) is 6.54 Å². The van der Waals surface area contributed by atoms with E-state index >= 15 is 0 Å². The fourth-order valence-electron chi connectivity index (χ4n) is 1.87. The maximum absolute atomic E-state index is 12.2. The van der Waals surface area contributed by atoms with Crippen molar-refractivity contribution in [1.29, 1.82) is 0 Å². The Labute approximate surface area is 112 Å². The van der Waals surface area contributed by atoms with Gasteiger partial charge in [-0.3, -0.25) is 9.10 Å². The van der Waals surface area contributed by atoms with Gasteiger partial charge in [-0.05, 0) is 19.1 Å². The molecule has 0 saturated carbocycles. The molecule has 1 aromatic carbocycles. The van der Waals surface area contributed by atoms with Gasteiger partial charge in [-0.15, -0.1) is 0 Å². The van der Waals surface area contributed by atoms with Crippen LogP contribution in [-0.2, 0) is 19.6 Å². The van der Waals surface area contributed by atoms with E-state index in [1.807, 2.05) is 0 Å². The van der Waals surface area contributed by atoms with Crippen LogP contribution in [0.1, 0.15) is 6.92 Å². The maximum Gasteiger partial charge on any atom is 0.245 e. The molecule has 2 rings (SSSR count). The van der Waals surface area contributed by atoms with Gasteiger partial charge >= 0.3 is 0 Å². The number of carbonyl (C=O) groups is 1. The van der Waals surface area contributed by atoms with Crippen molar-refractivity contribution in [3.63, 3.8) is 0 Å². The zero-order valence-corrected chi connectivity index (χ0v) is 11.4. The van der Waals surface area contributed by atoms with Crippen LogP contribution in [0.4, 0.5) is 11.4 Å². The average molecular weight is 284 g/mol. The molecule has 0 atom stereocenters. The lowest BCUT2D eigenvalue weighted by Gasteiger charge is -2.29. The molecule has 0 radical (unpaired) electrons. The Hall–Kier alpha value is -1.60. The third-order valence-corrected chi connectivity index (χ3v) is 4.44. The first-order valence-electron chi connectivity index (χ1n) is 6.01. The normalized spacial score (nSPS) is 15.0. The predicted octanol–water partition coefficient (Wildman–Crippen LogP) is 0.811. The van der Waals surface area contributed by atoms with Crippen LogP contribution >= 0.6 is 0 Å². The van der Waals surface area contributed by atoms with E-state index in [1.165, 1.54) is 0 Å². The Balaban J connectivity index is 2.27. The summed E-state index contributed by atoms with van der Waals surface area (Å²) in [5, 5.41) is 2.65. The molecule has 1 N–H and O–H groups in total. The van der Waals surface area contributed by atoms with Crippen LogP contribution in [0, 0.1) is 0 Å². The molecule has 1 aromatic rings. The smallest absolute Gasteiger partial charge is 0.245 e. The molecule has 0 aromatic heterocycles. The number of fused-ring (bicyclic) bond motifs is 1. The minimum Gasteiger partial charge on any atom is -0.381 e. The van der Waals surface area contributed by atoms with E-state index in [0.717, 1.165) is 4.31 Å². The summed E-state index contributed by atoms with van der Waals surface area (Å²) in [4.78, 5) is 11.6. The second-order valence-corrected chi connectivity index (χ2v) is 6.10. The van der Waals surface area contributed by atoms with Gasteiger partial charge in [-0.25, -0.2) is 8.42 Å². The first-order chi connectivity index (χ1) is 9.04. The number of rotatable bonds is 5. The molecule has 1 amide bonds. The van der Waals surface area contributed by atoms with Crippen LogP contribution in [-0.4, -0.2) is 39.8 Å². The molecule has 6 nitrogen and oxygen atoms in total. The molecular formula is C12H16N2O4S. The van der Waals surface area contributed by atoms with Gasteiger partial charge in [0.05, 0.1) is 23.7 Å². The lowest BCUT2D eigenvalue weighted by molar-refractivity contribution is -0.115. The van der Waals surface area contributed by atoms with Crippen molar-refractivity contribution in [3.05, 3.63) is 24.3 Å². The Kier molecular flexibility index (Phi) is 4.06. The highest BCUT2D eigenvalue weighted by Crippen LogP contribution is 2.30. The first kappa shape index (κ1) is 13.8. The number of nitrogens with one attached hydrogen (secondary N) is 1. The molecule has 1 aliphatic heterocycles. The summed E-state index contributed by atoms with van der Waals surface area (Å²) >= 11 is 0. The summed E-state index contributed by atoms with van der Waals surface area (Å²) in [6.07, 6.45) is 0. The van der Waals surface area contributed by atoms with E-state index in [1.54, 1.807) is 31.2 Å². The fraction of sp³-hybridized carbons (Fsp3) is 0.417. The molecule has 1 heterocycles. The van der Waals surface area contributed by atoms with Gasteiger partial charge in [0.25, 0.3) is 0 Å². The van der Waals surface area contributed by atoms with Gasteiger partial charge in [0, 0.05) is 6.61 Å². The maximum atomic E-state index is 12.2. The van der Waals surface area contributed by atoms with Crippen molar-refractivity contribution < 1.29 is 17.9 Å². The lowest BCUT2D eigenvalue weighted by Crippen LogP contribution is -2.43. The first-order valence-corrected chi connectivity index (χ1v) is 7.62. The number of anilines is 2. The van der Waals surface area contributed by atoms with Gasteiger partial charge in [-0.2, -0.15) is 0 Å². The van der Waals surface area contributed by atoms with E-state index in [2.05, 4.69) is 5.32 Å². The average Bonchev–Trinajstić information content (AvgIpc) is 2.38. The Morgan fingerprint density at radius 3 is 2.84 bits per heavy atom. The van der Waals surface area contributed by atoms with Crippen molar-refractivity contribution in [3.8, 4) is 0 Å². The highest BCUT2D eigenvalue weighted by molar-refractivity contribution is 7.92. The fourth-order valence-corrected chi connectivity index (χ4v) is 3.19. The molecule has 0 fully saturated rings.